The van der Waals surface area contributed by atoms with Crippen molar-refractivity contribution in [2.75, 3.05) is 19.7 Å². The summed E-state index contributed by atoms with van der Waals surface area (Å²) in [6.07, 6.45) is -10.6. The van der Waals surface area contributed by atoms with Crippen molar-refractivity contribution in [2.45, 2.75) is 18.8 Å². The number of benzene rings is 1. The Labute approximate surface area is 143 Å². The van der Waals surface area contributed by atoms with E-state index in [-0.39, 0.29) is 0 Å². The highest BCUT2D eigenvalue weighted by atomic mass is 19.4. The molecule has 1 fully saturated rings. The third kappa shape index (κ3) is 3.70. The number of hydrogen-bond acceptors (Lipinski definition) is 3. The molecular weight excluding hydrogens is 372 g/mol. The number of para-hydroxylation sites is 1. The van der Waals surface area contributed by atoms with E-state index >= 15 is 0 Å². The van der Waals surface area contributed by atoms with Crippen LogP contribution in [-0.4, -0.2) is 47.8 Å². The van der Waals surface area contributed by atoms with Gasteiger partial charge in [-0.05, 0) is 18.6 Å². The van der Waals surface area contributed by atoms with E-state index in [2.05, 4.69) is 0 Å². The number of ether oxygens (including phenoxy) is 1. The predicted molar refractivity (Wildman–Crippen MR) is 74.3 cm³/mol. The van der Waals surface area contributed by atoms with E-state index in [9.17, 15) is 35.9 Å². The number of carboxylic acid groups (broad SMARTS) is 1. The second kappa shape index (κ2) is 6.69. The van der Waals surface area contributed by atoms with E-state index in [1.807, 2.05) is 0 Å². The molecule has 26 heavy (non-hydrogen) atoms. The molecule has 1 unspecified atom stereocenters. The molecule has 5 nitrogen and oxygen atoms in total. The molecule has 1 amide bonds. The van der Waals surface area contributed by atoms with Gasteiger partial charge in [-0.25, -0.2) is 0 Å². The minimum atomic E-state index is -5.07. The second-order valence-electron chi connectivity index (χ2n) is 5.73. The molecule has 0 saturated carbocycles. The zero-order chi connectivity index (χ0) is 19.8. The fourth-order valence-electron chi connectivity index (χ4n) is 2.61. The van der Waals surface area contributed by atoms with Crippen molar-refractivity contribution in [3.8, 4) is 5.75 Å². The average molecular weight is 385 g/mol. The Hall–Kier alpha value is -2.46. The number of carbonyl (C=O) groups excluding carboxylic acids is 1. The summed E-state index contributed by atoms with van der Waals surface area (Å²) in [6, 6.07) is 4.05. The minimum absolute atomic E-state index is 0.491. The fourth-order valence-corrected chi connectivity index (χ4v) is 2.61. The molecule has 0 aliphatic carbocycles. The SMILES string of the molecule is O=C(COc1ccccc1C(F)(F)F)N1CCC(C(=O)O)(C(F)(F)F)C1. The van der Waals surface area contributed by atoms with Crippen LogP contribution < -0.4 is 4.74 Å². The number of hydrogen-bond donors (Lipinski definition) is 1. The molecule has 0 radical (unpaired) electrons. The Morgan fingerprint density at radius 3 is 2.27 bits per heavy atom. The van der Waals surface area contributed by atoms with Crippen LogP contribution in [0.15, 0.2) is 24.3 Å². The summed E-state index contributed by atoms with van der Waals surface area (Å²) in [4.78, 5) is 23.7. The summed E-state index contributed by atoms with van der Waals surface area (Å²) in [5.74, 6) is -3.79. The van der Waals surface area contributed by atoms with Crippen molar-refractivity contribution >= 4 is 11.9 Å². The molecule has 1 aromatic rings. The van der Waals surface area contributed by atoms with Crippen LogP contribution in [0.25, 0.3) is 0 Å². The van der Waals surface area contributed by atoms with Gasteiger partial charge in [0.15, 0.2) is 12.0 Å². The quantitative estimate of drug-likeness (QED) is 0.810. The largest absolute Gasteiger partial charge is 0.483 e. The first-order chi connectivity index (χ1) is 11.9. The lowest BCUT2D eigenvalue weighted by Crippen LogP contribution is -2.48. The van der Waals surface area contributed by atoms with Crippen LogP contribution in [0.3, 0.4) is 0 Å². The van der Waals surface area contributed by atoms with Gasteiger partial charge in [-0.1, -0.05) is 12.1 Å². The zero-order valence-corrected chi connectivity index (χ0v) is 13.0. The average Bonchev–Trinajstić information content (AvgIpc) is 2.98. The normalized spacial score (nSPS) is 20.9. The maximum Gasteiger partial charge on any atom is 0.419 e. The summed E-state index contributed by atoms with van der Waals surface area (Å²) >= 11 is 0. The number of alkyl halides is 6. The number of aliphatic carboxylic acids is 1. The number of nitrogens with zero attached hydrogens (tertiary/aromatic N) is 1. The van der Waals surface area contributed by atoms with Gasteiger partial charge in [0, 0.05) is 13.1 Å². The highest BCUT2D eigenvalue weighted by molar-refractivity contribution is 5.82. The number of halogens is 6. The molecule has 1 heterocycles. The summed E-state index contributed by atoms with van der Waals surface area (Å²) in [6.45, 7) is -2.55. The molecular formula is C15H13F6NO4. The van der Waals surface area contributed by atoms with Crippen LogP contribution in [0, 0.1) is 5.41 Å². The lowest BCUT2D eigenvalue weighted by atomic mass is 9.86. The Kier molecular flexibility index (Phi) is 5.11. The molecule has 1 saturated heterocycles. The molecule has 1 atom stereocenters. The van der Waals surface area contributed by atoms with Gasteiger partial charge in [0.1, 0.15) is 5.75 Å². The maximum atomic E-state index is 13.1. The molecule has 1 N–H and O–H groups in total. The molecule has 1 aliphatic heterocycles. The summed E-state index contributed by atoms with van der Waals surface area (Å²) in [5.41, 5.74) is -4.23. The van der Waals surface area contributed by atoms with Crippen LogP contribution in [0.4, 0.5) is 26.3 Å². The fraction of sp³-hybridized carbons (Fsp3) is 0.467. The van der Waals surface area contributed by atoms with Gasteiger partial charge in [-0.15, -0.1) is 0 Å². The first-order valence-electron chi connectivity index (χ1n) is 7.25. The van der Waals surface area contributed by atoms with Crippen LogP contribution in [-0.2, 0) is 15.8 Å². The van der Waals surface area contributed by atoms with Crippen LogP contribution in [0.5, 0.6) is 5.75 Å². The summed E-state index contributed by atoms with van der Waals surface area (Å²) < 4.78 is 82.5. The number of carboxylic acids is 1. The van der Waals surface area contributed by atoms with Gasteiger partial charge >= 0.3 is 18.3 Å². The van der Waals surface area contributed by atoms with Gasteiger partial charge in [0.25, 0.3) is 5.91 Å². The topological polar surface area (TPSA) is 66.8 Å². The monoisotopic (exact) mass is 385 g/mol. The highest BCUT2D eigenvalue weighted by Gasteiger charge is 2.64. The van der Waals surface area contributed by atoms with Crippen molar-refractivity contribution < 1.29 is 45.8 Å². The molecule has 1 aliphatic rings. The predicted octanol–water partition coefficient (Wildman–Crippen LogP) is 2.95. The van der Waals surface area contributed by atoms with Crippen LogP contribution >= 0.6 is 0 Å². The Morgan fingerprint density at radius 2 is 1.77 bits per heavy atom. The lowest BCUT2D eigenvalue weighted by molar-refractivity contribution is -0.227. The molecule has 144 valence electrons. The molecule has 0 bridgehead atoms. The minimum Gasteiger partial charge on any atom is -0.483 e. The van der Waals surface area contributed by atoms with Gasteiger partial charge in [-0.3, -0.25) is 9.59 Å². The smallest absolute Gasteiger partial charge is 0.419 e. The Morgan fingerprint density at radius 1 is 1.15 bits per heavy atom. The van der Waals surface area contributed by atoms with Crippen molar-refractivity contribution in [1.82, 2.24) is 4.90 Å². The van der Waals surface area contributed by atoms with Gasteiger partial charge in [0.2, 0.25) is 0 Å². The molecule has 2 rings (SSSR count). The van der Waals surface area contributed by atoms with Gasteiger partial charge in [-0.2, -0.15) is 26.3 Å². The molecule has 0 aromatic heterocycles. The Balaban J connectivity index is 2.08. The third-order valence-corrected chi connectivity index (χ3v) is 4.12. The van der Waals surface area contributed by atoms with E-state index in [1.54, 1.807) is 0 Å². The second-order valence-corrected chi connectivity index (χ2v) is 5.73. The summed E-state index contributed by atoms with van der Waals surface area (Å²) in [5, 5.41) is 8.92. The standard InChI is InChI=1S/C15H13F6NO4/c16-14(17,18)9-3-1-2-4-10(9)26-7-11(23)22-6-5-13(8-22,12(24)25)15(19,20)21/h1-4H,5-8H2,(H,24,25). The van der Waals surface area contributed by atoms with Crippen molar-refractivity contribution in [1.29, 1.82) is 0 Å². The molecule has 0 spiro atoms. The van der Waals surface area contributed by atoms with E-state index in [0.717, 1.165) is 18.2 Å². The first kappa shape index (κ1) is 19.9. The van der Waals surface area contributed by atoms with Crippen LogP contribution in [0.2, 0.25) is 0 Å². The zero-order valence-electron chi connectivity index (χ0n) is 13.0. The first-order valence-corrected chi connectivity index (χ1v) is 7.25. The van der Waals surface area contributed by atoms with Crippen molar-refractivity contribution in [3.63, 3.8) is 0 Å². The summed E-state index contributed by atoms with van der Waals surface area (Å²) in [7, 11) is 0. The Bertz CT molecular complexity index is 702. The van der Waals surface area contributed by atoms with E-state index in [0.29, 0.717) is 4.90 Å². The van der Waals surface area contributed by atoms with Gasteiger partial charge in [0.05, 0.1) is 5.56 Å². The molecule has 1 aromatic carbocycles. The van der Waals surface area contributed by atoms with E-state index in [4.69, 9.17) is 9.84 Å². The van der Waals surface area contributed by atoms with Crippen LogP contribution in [0.1, 0.15) is 12.0 Å². The third-order valence-electron chi connectivity index (χ3n) is 4.12. The maximum absolute atomic E-state index is 13.1. The van der Waals surface area contributed by atoms with Gasteiger partial charge < -0.3 is 14.7 Å². The molecule has 11 heteroatoms. The van der Waals surface area contributed by atoms with Crippen molar-refractivity contribution in [3.05, 3.63) is 29.8 Å². The number of likely N-dealkylation sites (tertiary alicyclic amines) is 1. The number of rotatable bonds is 4. The number of amides is 1. The van der Waals surface area contributed by atoms with Crippen molar-refractivity contribution in [2.24, 2.45) is 5.41 Å². The lowest BCUT2D eigenvalue weighted by Gasteiger charge is -2.27. The highest BCUT2D eigenvalue weighted by Crippen LogP contribution is 2.45. The van der Waals surface area contributed by atoms with E-state index < -0.39 is 67.1 Å². The number of carbonyl (C=O) groups is 2. The van der Waals surface area contributed by atoms with E-state index in [1.165, 1.54) is 6.07 Å².